The number of hydrogen-bond acceptors (Lipinski definition) is 5. The number of ether oxygens (including phenoxy) is 1. The van der Waals surface area contributed by atoms with Gasteiger partial charge in [-0.3, -0.25) is 9.69 Å². The monoisotopic (exact) mass is 431 g/mol. The average molecular weight is 432 g/mol. The summed E-state index contributed by atoms with van der Waals surface area (Å²) in [6.45, 7) is -0.844. The van der Waals surface area contributed by atoms with Crippen LogP contribution in [0.15, 0.2) is 59.2 Å². The van der Waals surface area contributed by atoms with E-state index in [1.807, 2.05) is 50.2 Å². The van der Waals surface area contributed by atoms with Gasteiger partial charge in [0.25, 0.3) is 5.91 Å². The quantitative estimate of drug-likeness (QED) is 0.563. The van der Waals surface area contributed by atoms with Crippen molar-refractivity contribution in [1.29, 1.82) is 0 Å². The second kappa shape index (κ2) is 9.75. The van der Waals surface area contributed by atoms with Crippen molar-refractivity contribution in [1.82, 2.24) is 0 Å². The van der Waals surface area contributed by atoms with Gasteiger partial charge in [-0.1, -0.05) is 30.8 Å². The molecule has 8 heteroatoms. The van der Waals surface area contributed by atoms with Gasteiger partial charge in [-0.2, -0.15) is 8.78 Å². The fourth-order valence-electron chi connectivity index (χ4n) is 2.82. The number of hydrogen-bond donors (Lipinski definition) is 0. The van der Waals surface area contributed by atoms with Crippen LogP contribution in [0.2, 0.25) is 0 Å². The number of anilines is 2. The molecule has 0 radical (unpaired) electrons. The second-order valence-corrected chi connectivity index (χ2v) is 7.83. The molecule has 0 atom stereocenters. The number of carbonyl (C=O) groups excluding carboxylic acids is 1. The maximum absolute atomic E-state index is 13.1. The fourth-order valence-corrected chi connectivity index (χ4v) is 3.68. The zero-order valence-electron chi connectivity index (χ0n) is 17.0. The zero-order valence-corrected chi connectivity index (χ0v) is 17.8. The van der Waals surface area contributed by atoms with E-state index in [2.05, 4.69) is 9.73 Å². The van der Waals surface area contributed by atoms with E-state index in [9.17, 15) is 13.6 Å². The third-order valence-electron chi connectivity index (χ3n) is 4.30. The van der Waals surface area contributed by atoms with Crippen molar-refractivity contribution in [2.24, 2.45) is 4.99 Å². The Labute approximate surface area is 179 Å². The molecule has 158 valence electrons. The minimum atomic E-state index is -2.89. The van der Waals surface area contributed by atoms with Gasteiger partial charge in [-0.25, -0.2) is 4.99 Å². The molecule has 0 unspecified atom stereocenters. The van der Waals surface area contributed by atoms with Gasteiger partial charge in [0, 0.05) is 25.5 Å². The predicted molar refractivity (Wildman–Crippen MR) is 119 cm³/mol. The number of amides is 1. The van der Waals surface area contributed by atoms with Gasteiger partial charge in [0.1, 0.15) is 11.4 Å². The molecule has 30 heavy (non-hydrogen) atoms. The smallest absolute Gasteiger partial charge is 0.387 e. The van der Waals surface area contributed by atoms with Gasteiger partial charge in [0.15, 0.2) is 5.17 Å². The molecular weight excluding hydrogens is 408 g/mol. The molecule has 5 nitrogen and oxygen atoms in total. The topological polar surface area (TPSA) is 45.1 Å². The minimum absolute atomic E-state index is 0.0387. The summed E-state index contributed by atoms with van der Waals surface area (Å²) in [6, 6.07) is 13.8. The number of thioether (sulfide) groups is 1. The Balaban J connectivity index is 1.88. The highest BCUT2D eigenvalue weighted by atomic mass is 32.2. The van der Waals surface area contributed by atoms with E-state index < -0.39 is 6.61 Å². The van der Waals surface area contributed by atoms with Crippen LogP contribution in [-0.2, 0) is 4.79 Å². The molecule has 1 aliphatic rings. The number of halogens is 2. The van der Waals surface area contributed by atoms with Crippen LogP contribution >= 0.6 is 11.8 Å². The standard InChI is InChI=1S/C22H23F2N3O2S/c1-4-13-30-22-25-19(14-15-5-7-16(8-6-15)26(2)3)20(28)27(22)17-9-11-18(12-10-17)29-21(23)24/h5-12,14,21H,4,13H2,1-3H3/b19-14-. The van der Waals surface area contributed by atoms with Crippen LogP contribution in [0.1, 0.15) is 18.9 Å². The van der Waals surface area contributed by atoms with Crippen molar-refractivity contribution < 1.29 is 18.3 Å². The summed E-state index contributed by atoms with van der Waals surface area (Å²) in [4.78, 5) is 21.1. The van der Waals surface area contributed by atoms with E-state index in [0.717, 1.165) is 23.4 Å². The Morgan fingerprint density at radius 3 is 2.37 bits per heavy atom. The van der Waals surface area contributed by atoms with Crippen LogP contribution in [0.3, 0.4) is 0 Å². The van der Waals surface area contributed by atoms with Crippen LogP contribution < -0.4 is 14.5 Å². The predicted octanol–water partition coefficient (Wildman–Crippen LogP) is 5.24. The summed E-state index contributed by atoms with van der Waals surface area (Å²) < 4.78 is 29.2. The lowest BCUT2D eigenvalue weighted by Gasteiger charge is -2.18. The number of alkyl halides is 2. The van der Waals surface area contributed by atoms with Crippen LogP contribution in [0, 0.1) is 0 Å². The molecule has 3 rings (SSSR count). The van der Waals surface area contributed by atoms with Crippen molar-refractivity contribution in [3.05, 3.63) is 59.8 Å². The molecule has 2 aromatic rings. The van der Waals surface area contributed by atoms with E-state index in [1.165, 1.54) is 28.8 Å². The van der Waals surface area contributed by atoms with Crippen molar-refractivity contribution >= 4 is 40.3 Å². The number of nitrogens with zero attached hydrogens (tertiary/aromatic N) is 3. The number of amidine groups is 1. The van der Waals surface area contributed by atoms with Crippen molar-refractivity contribution in [3.63, 3.8) is 0 Å². The number of rotatable bonds is 7. The zero-order chi connectivity index (χ0) is 21.7. The van der Waals surface area contributed by atoms with E-state index in [-0.39, 0.29) is 11.7 Å². The first kappa shape index (κ1) is 21.8. The molecule has 1 aliphatic heterocycles. The Morgan fingerprint density at radius 2 is 1.80 bits per heavy atom. The third kappa shape index (κ3) is 5.18. The highest BCUT2D eigenvalue weighted by molar-refractivity contribution is 8.14. The third-order valence-corrected chi connectivity index (χ3v) is 5.44. The van der Waals surface area contributed by atoms with E-state index in [0.29, 0.717) is 16.6 Å². The second-order valence-electron chi connectivity index (χ2n) is 6.77. The summed E-state index contributed by atoms with van der Waals surface area (Å²) in [6.07, 6.45) is 2.68. The van der Waals surface area contributed by atoms with Crippen molar-refractivity contribution in [2.75, 3.05) is 29.6 Å². The first-order valence-corrected chi connectivity index (χ1v) is 10.5. The lowest BCUT2D eigenvalue weighted by atomic mass is 10.1. The summed E-state index contributed by atoms with van der Waals surface area (Å²) in [7, 11) is 3.93. The molecular formula is C22H23F2N3O2S. The summed E-state index contributed by atoms with van der Waals surface area (Å²) in [5, 5.41) is 0.570. The summed E-state index contributed by atoms with van der Waals surface area (Å²) in [5.41, 5.74) is 2.81. The average Bonchev–Trinajstić information content (AvgIpc) is 3.02. The lowest BCUT2D eigenvalue weighted by molar-refractivity contribution is -0.113. The van der Waals surface area contributed by atoms with Crippen molar-refractivity contribution in [3.8, 4) is 5.75 Å². The number of aliphatic imine (C=N–C) groups is 1. The first-order valence-electron chi connectivity index (χ1n) is 9.49. The van der Waals surface area contributed by atoms with Crippen LogP contribution in [0.25, 0.3) is 6.08 Å². The maximum Gasteiger partial charge on any atom is 0.387 e. The van der Waals surface area contributed by atoms with Gasteiger partial charge in [0.05, 0.1) is 5.69 Å². The summed E-state index contributed by atoms with van der Waals surface area (Å²) >= 11 is 1.48. The molecule has 0 N–H and O–H groups in total. The normalized spacial score (nSPS) is 15.1. The minimum Gasteiger partial charge on any atom is -0.435 e. The largest absolute Gasteiger partial charge is 0.435 e. The molecule has 0 spiro atoms. The molecule has 0 aliphatic carbocycles. The number of benzene rings is 2. The Hall–Kier alpha value is -2.87. The number of carbonyl (C=O) groups is 1. The summed E-state index contributed by atoms with van der Waals surface area (Å²) in [5.74, 6) is 0.588. The highest BCUT2D eigenvalue weighted by Crippen LogP contribution is 2.31. The molecule has 1 amide bonds. The van der Waals surface area contributed by atoms with Crippen LogP contribution in [0.5, 0.6) is 5.75 Å². The van der Waals surface area contributed by atoms with E-state index in [1.54, 1.807) is 18.2 Å². The van der Waals surface area contributed by atoms with Crippen LogP contribution in [0.4, 0.5) is 20.2 Å². The Morgan fingerprint density at radius 1 is 1.13 bits per heavy atom. The Bertz CT molecular complexity index is 942. The molecule has 0 saturated carbocycles. The molecule has 0 saturated heterocycles. The SMILES string of the molecule is CCCSC1=N/C(=C\c2ccc(N(C)C)cc2)C(=O)N1c1ccc(OC(F)F)cc1. The molecule has 0 fully saturated rings. The first-order chi connectivity index (χ1) is 14.4. The maximum atomic E-state index is 13.1. The van der Waals surface area contributed by atoms with E-state index in [4.69, 9.17) is 0 Å². The Kier molecular flexibility index (Phi) is 7.10. The highest BCUT2D eigenvalue weighted by Gasteiger charge is 2.31. The molecule has 0 bridgehead atoms. The van der Waals surface area contributed by atoms with Gasteiger partial charge in [0.2, 0.25) is 0 Å². The van der Waals surface area contributed by atoms with Gasteiger partial charge in [-0.05, 0) is 54.5 Å². The van der Waals surface area contributed by atoms with Crippen LogP contribution in [-0.4, -0.2) is 37.5 Å². The molecule has 2 aromatic carbocycles. The van der Waals surface area contributed by atoms with Gasteiger partial charge in [-0.15, -0.1) is 0 Å². The van der Waals surface area contributed by atoms with Crippen molar-refractivity contribution in [2.45, 2.75) is 20.0 Å². The fraction of sp³-hybridized carbons (Fsp3) is 0.273. The molecule has 0 aromatic heterocycles. The van der Waals surface area contributed by atoms with Gasteiger partial charge < -0.3 is 9.64 Å². The molecule has 1 heterocycles. The lowest BCUT2D eigenvalue weighted by Crippen LogP contribution is -2.30. The van der Waals surface area contributed by atoms with E-state index >= 15 is 0 Å². The van der Waals surface area contributed by atoms with Gasteiger partial charge >= 0.3 is 6.61 Å².